The Bertz CT molecular complexity index is 497. The smallest absolute Gasteiger partial charge is 0.249 e. The molecule has 1 aliphatic rings. The highest BCUT2D eigenvalue weighted by Gasteiger charge is 2.39. The second-order valence-corrected chi connectivity index (χ2v) is 5.03. The summed E-state index contributed by atoms with van der Waals surface area (Å²) in [6.45, 7) is 5.91. The van der Waals surface area contributed by atoms with Gasteiger partial charge in [-0.2, -0.15) is 0 Å². The third-order valence-corrected chi connectivity index (χ3v) is 3.19. The number of piperazine rings is 1. The third-order valence-electron chi connectivity index (χ3n) is 3.19. The summed E-state index contributed by atoms with van der Waals surface area (Å²) >= 11 is 0. The van der Waals surface area contributed by atoms with E-state index in [2.05, 4.69) is 10.3 Å². The fourth-order valence-electron chi connectivity index (χ4n) is 1.91. The summed E-state index contributed by atoms with van der Waals surface area (Å²) in [6.07, 6.45) is 1.67. The molecule has 0 aliphatic carbocycles. The molecule has 0 atom stereocenters. The van der Waals surface area contributed by atoms with Crippen LogP contribution in [0.5, 0.6) is 0 Å². The normalized spacial score (nSPS) is 19.2. The standard InChI is InChI=1S/C13H17N3O2/c1-9-5-4-6-14-10(9)8-16-11(17)7-15-13(2,3)12(16)18/h4-6,15H,7-8H2,1-3H3. The largest absolute Gasteiger partial charge is 0.295 e. The highest BCUT2D eigenvalue weighted by atomic mass is 16.2. The van der Waals surface area contributed by atoms with Gasteiger partial charge < -0.3 is 0 Å². The topological polar surface area (TPSA) is 62.3 Å². The summed E-state index contributed by atoms with van der Waals surface area (Å²) < 4.78 is 0. The number of carbonyl (C=O) groups excluding carboxylic acids is 2. The molecule has 1 saturated heterocycles. The first-order valence-corrected chi connectivity index (χ1v) is 5.92. The number of amides is 2. The van der Waals surface area contributed by atoms with Gasteiger partial charge in [-0.3, -0.25) is 24.8 Å². The average molecular weight is 247 g/mol. The van der Waals surface area contributed by atoms with Crippen LogP contribution in [0.2, 0.25) is 0 Å². The maximum absolute atomic E-state index is 12.2. The molecular formula is C13H17N3O2. The molecule has 1 aliphatic heterocycles. The van der Waals surface area contributed by atoms with Gasteiger partial charge in [-0.1, -0.05) is 6.07 Å². The molecule has 2 rings (SSSR count). The molecule has 0 bridgehead atoms. The van der Waals surface area contributed by atoms with Gasteiger partial charge in [0.1, 0.15) is 0 Å². The zero-order valence-electron chi connectivity index (χ0n) is 10.9. The Kier molecular flexibility index (Phi) is 3.17. The van der Waals surface area contributed by atoms with Gasteiger partial charge in [-0.05, 0) is 32.4 Å². The fourth-order valence-corrected chi connectivity index (χ4v) is 1.91. The molecule has 0 saturated carbocycles. The number of nitrogens with one attached hydrogen (secondary N) is 1. The van der Waals surface area contributed by atoms with Gasteiger partial charge in [0.25, 0.3) is 0 Å². The number of aryl methyl sites for hydroxylation is 1. The molecule has 0 radical (unpaired) electrons. The molecule has 1 fully saturated rings. The van der Waals surface area contributed by atoms with Crippen LogP contribution in [0.4, 0.5) is 0 Å². The second kappa shape index (κ2) is 4.49. The summed E-state index contributed by atoms with van der Waals surface area (Å²) in [7, 11) is 0. The number of hydrogen-bond donors (Lipinski definition) is 1. The lowest BCUT2D eigenvalue weighted by atomic mass is 10.00. The van der Waals surface area contributed by atoms with Crippen LogP contribution in [0.1, 0.15) is 25.1 Å². The minimum atomic E-state index is -0.698. The van der Waals surface area contributed by atoms with E-state index in [9.17, 15) is 9.59 Å². The van der Waals surface area contributed by atoms with E-state index in [1.165, 1.54) is 4.90 Å². The number of imide groups is 1. The number of hydrogen-bond acceptors (Lipinski definition) is 4. The van der Waals surface area contributed by atoms with Gasteiger partial charge in [-0.15, -0.1) is 0 Å². The fraction of sp³-hybridized carbons (Fsp3) is 0.462. The van der Waals surface area contributed by atoms with Crippen molar-refractivity contribution in [1.82, 2.24) is 15.2 Å². The molecular weight excluding hydrogens is 230 g/mol. The van der Waals surface area contributed by atoms with Crippen molar-refractivity contribution in [2.75, 3.05) is 6.54 Å². The van der Waals surface area contributed by atoms with Gasteiger partial charge in [0.05, 0.1) is 24.3 Å². The molecule has 5 nitrogen and oxygen atoms in total. The van der Waals surface area contributed by atoms with E-state index in [1.807, 2.05) is 19.1 Å². The number of aromatic nitrogens is 1. The lowest BCUT2D eigenvalue weighted by molar-refractivity contribution is -0.153. The first-order valence-electron chi connectivity index (χ1n) is 5.92. The van der Waals surface area contributed by atoms with E-state index >= 15 is 0 Å². The van der Waals surface area contributed by atoms with Crippen LogP contribution >= 0.6 is 0 Å². The molecule has 1 N–H and O–H groups in total. The summed E-state index contributed by atoms with van der Waals surface area (Å²) in [6, 6.07) is 3.76. The Labute approximate surface area is 106 Å². The molecule has 18 heavy (non-hydrogen) atoms. The molecule has 1 aromatic heterocycles. The summed E-state index contributed by atoms with van der Waals surface area (Å²) in [5.74, 6) is -0.409. The predicted octanol–water partition coefficient (Wildman–Crippen LogP) is 0.627. The number of pyridine rings is 1. The minimum absolute atomic E-state index is 0.185. The maximum atomic E-state index is 12.2. The van der Waals surface area contributed by atoms with Crippen LogP contribution < -0.4 is 5.32 Å². The highest BCUT2D eigenvalue weighted by molar-refractivity contribution is 6.02. The van der Waals surface area contributed by atoms with Crippen molar-refractivity contribution >= 4 is 11.8 Å². The Morgan fingerprint density at radius 3 is 2.83 bits per heavy atom. The van der Waals surface area contributed by atoms with Crippen molar-refractivity contribution in [3.63, 3.8) is 0 Å². The van der Waals surface area contributed by atoms with Gasteiger partial charge in [0.2, 0.25) is 11.8 Å². The lowest BCUT2D eigenvalue weighted by Crippen LogP contribution is -2.63. The SMILES string of the molecule is Cc1cccnc1CN1C(=O)CNC(C)(C)C1=O. The Morgan fingerprint density at radius 1 is 1.44 bits per heavy atom. The summed E-state index contributed by atoms with van der Waals surface area (Å²) in [5.41, 5.74) is 1.04. The zero-order chi connectivity index (χ0) is 13.3. The third kappa shape index (κ3) is 2.26. The van der Waals surface area contributed by atoms with Crippen LogP contribution in [0, 0.1) is 6.92 Å². The van der Waals surface area contributed by atoms with Crippen LogP contribution in [0.25, 0.3) is 0 Å². The molecule has 5 heteroatoms. The minimum Gasteiger partial charge on any atom is -0.295 e. The molecule has 2 amide bonds. The van der Waals surface area contributed by atoms with Crippen molar-refractivity contribution in [3.05, 3.63) is 29.6 Å². The van der Waals surface area contributed by atoms with E-state index in [0.717, 1.165) is 11.3 Å². The first-order chi connectivity index (χ1) is 8.42. The second-order valence-electron chi connectivity index (χ2n) is 5.03. The van der Waals surface area contributed by atoms with Gasteiger partial charge in [0.15, 0.2) is 0 Å². The zero-order valence-corrected chi connectivity index (χ0v) is 10.9. The number of nitrogens with zero attached hydrogens (tertiary/aromatic N) is 2. The van der Waals surface area contributed by atoms with Gasteiger partial charge >= 0.3 is 0 Å². The van der Waals surface area contributed by atoms with E-state index in [0.29, 0.717) is 0 Å². The van der Waals surface area contributed by atoms with Crippen LogP contribution in [-0.2, 0) is 16.1 Å². The molecule has 96 valence electrons. The van der Waals surface area contributed by atoms with E-state index in [4.69, 9.17) is 0 Å². The monoisotopic (exact) mass is 247 g/mol. The Morgan fingerprint density at radius 2 is 2.17 bits per heavy atom. The lowest BCUT2D eigenvalue weighted by Gasteiger charge is -2.36. The number of rotatable bonds is 2. The molecule has 0 aromatic carbocycles. The highest BCUT2D eigenvalue weighted by Crippen LogP contribution is 2.16. The van der Waals surface area contributed by atoms with Crippen LogP contribution in [-0.4, -0.2) is 33.8 Å². The quantitative estimate of drug-likeness (QED) is 0.778. The van der Waals surface area contributed by atoms with E-state index < -0.39 is 5.54 Å². The average Bonchev–Trinajstić information content (AvgIpc) is 2.33. The maximum Gasteiger partial charge on any atom is 0.249 e. The van der Waals surface area contributed by atoms with Gasteiger partial charge in [0, 0.05) is 6.20 Å². The summed E-state index contributed by atoms with van der Waals surface area (Å²) in [4.78, 5) is 29.5. The van der Waals surface area contributed by atoms with Crippen molar-refractivity contribution in [3.8, 4) is 0 Å². The summed E-state index contributed by atoms with van der Waals surface area (Å²) in [5, 5.41) is 2.93. The van der Waals surface area contributed by atoms with Crippen molar-refractivity contribution in [2.45, 2.75) is 32.9 Å². The van der Waals surface area contributed by atoms with E-state index in [1.54, 1.807) is 20.0 Å². The van der Waals surface area contributed by atoms with Gasteiger partial charge in [-0.25, -0.2) is 0 Å². The molecule has 0 unspecified atom stereocenters. The van der Waals surface area contributed by atoms with E-state index in [-0.39, 0.29) is 24.9 Å². The van der Waals surface area contributed by atoms with Crippen molar-refractivity contribution in [2.24, 2.45) is 0 Å². The predicted molar refractivity (Wildman–Crippen MR) is 66.6 cm³/mol. The van der Waals surface area contributed by atoms with Crippen LogP contribution in [0.3, 0.4) is 0 Å². The molecule has 0 spiro atoms. The Hall–Kier alpha value is -1.75. The molecule has 2 heterocycles. The molecule has 1 aromatic rings. The van der Waals surface area contributed by atoms with Crippen molar-refractivity contribution in [1.29, 1.82) is 0 Å². The Balaban J connectivity index is 2.24. The first kappa shape index (κ1) is 12.7. The van der Waals surface area contributed by atoms with Crippen LogP contribution in [0.15, 0.2) is 18.3 Å². The number of carbonyl (C=O) groups is 2. The van der Waals surface area contributed by atoms with Crippen molar-refractivity contribution < 1.29 is 9.59 Å².